The van der Waals surface area contributed by atoms with E-state index < -0.39 is 0 Å². The quantitative estimate of drug-likeness (QED) is 0.209. The SMILES string of the molecule is CCCN1C(=O)/C(=C\c2ccc(OCc3cccc4ccccc34)c(Br)c2)SC1=Nc1ccc(C)cc1. The third kappa shape index (κ3) is 5.81. The van der Waals surface area contributed by atoms with E-state index in [0.29, 0.717) is 18.1 Å². The predicted octanol–water partition coefficient (Wildman–Crippen LogP) is 8.50. The van der Waals surface area contributed by atoms with Crippen molar-refractivity contribution in [2.45, 2.75) is 26.9 Å². The standard InChI is InChI=1S/C31H27BrN2O2S/c1-3-17-34-30(35)29(37-31(34)33-25-14-11-21(2)12-15-25)19-22-13-16-28(27(32)18-22)36-20-24-9-6-8-23-7-4-5-10-26(23)24/h4-16,18-19H,3,17,20H2,1-2H3/b29-19+,33-31?. The maximum atomic E-state index is 13.2. The number of thioether (sulfide) groups is 1. The van der Waals surface area contributed by atoms with Gasteiger partial charge in [-0.05, 0) is 93.3 Å². The van der Waals surface area contributed by atoms with E-state index in [1.54, 1.807) is 4.90 Å². The molecule has 37 heavy (non-hydrogen) atoms. The molecule has 1 heterocycles. The van der Waals surface area contributed by atoms with Gasteiger partial charge in [0.05, 0.1) is 15.1 Å². The molecule has 0 unspecified atom stereocenters. The van der Waals surface area contributed by atoms with Crippen molar-refractivity contribution >= 4 is 61.3 Å². The summed E-state index contributed by atoms with van der Waals surface area (Å²) in [6.45, 7) is 5.22. The van der Waals surface area contributed by atoms with E-state index in [2.05, 4.69) is 53.2 Å². The lowest BCUT2D eigenvalue weighted by Gasteiger charge is -2.14. The van der Waals surface area contributed by atoms with Crippen LogP contribution in [0.1, 0.15) is 30.0 Å². The second-order valence-electron chi connectivity index (χ2n) is 8.91. The lowest BCUT2D eigenvalue weighted by atomic mass is 10.1. The Labute approximate surface area is 230 Å². The molecule has 1 fully saturated rings. The van der Waals surface area contributed by atoms with Crippen LogP contribution in [-0.4, -0.2) is 22.5 Å². The summed E-state index contributed by atoms with van der Waals surface area (Å²) in [5.41, 5.74) is 4.09. The van der Waals surface area contributed by atoms with Gasteiger partial charge in [-0.25, -0.2) is 4.99 Å². The Morgan fingerprint density at radius 2 is 1.78 bits per heavy atom. The van der Waals surface area contributed by atoms with E-state index in [0.717, 1.165) is 38.6 Å². The van der Waals surface area contributed by atoms with Crippen molar-refractivity contribution in [2.75, 3.05) is 6.54 Å². The fourth-order valence-electron chi connectivity index (χ4n) is 4.19. The van der Waals surface area contributed by atoms with Crippen LogP contribution in [0.5, 0.6) is 5.75 Å². The monoisotopic (exact) mass is 570 g/mol. The molecule has 0 spiro atoms. The Kier molecular flexibility index (Phi) is 7.77. The van der Waals surface area contributed by atoms with Crippen molar-refractivity contribution in [3.63, 3.8) is 0 Å². The van der Waals surface area contributed by atoms with Gasteiger partial charge in [-0.3, -0.25) is 9.69 Å². The number of amidine groups is 1. The van der Waals surface area contributed by atoms with Crippen LogP contribution < -0.4 is 4.74 Å². The highest BCUT2D eigenvalue weighted by Gasteiger charge is 2.32. The van der Waals surface area contributed by atoms with E-state index in [9.17, 15) is 4.79 Å². The smallest absolute Gasteiger partial charge is 0.266 e. The first-order valence-corrected chi connectivity index (χ1v) is 13.9. The molecule has 0 atom stereocenters. The van der Waals surface area contributed by atoms with Gasteiger partial charge in [0.25, 0.3) is 5.91 Å². The van der Waals surface area contributed by atoms with E-state index in [1.165, 1.54) is 28.1 Å². The normalized spacial score (nSPS) is 15.8. The molecule has 4 aromatic rings. The average Bonchev–Trinajstić information content (AvgIpc) is 3.18. The predicted molar refractivity (Wildman–Crippen MR) is 158 cm³/mol. The fraction of sp³-hybridized carbons (Fsp3) is 0.161. The third-order valence-electron chi connectivity index (χ3n) is 6.11. The number of hydrogen-bond acceptors (Lipinski definition) is 4. The first-order valence-electron chi connectivity index (χ1n) is 12.3. The van der Waals surface area contributed by atoms with Crippen molar-refractivity contribution < 1.29 is 9.53 Å². The lowest BCUT2D eigenvalue weighted by Crippen LogP contribution is -2.29. The zero-order chi connectivity index (χ0) is 25.8. The summed E-state index contributed by atoms with van der Waals surface area (Å²) in [5, 5.41) is 3.11. The Morgan fingerprint density at radius 1 is 1.00 bits per heavy atom. The molecule has 0 aromatic heterocycles. The molecule has 1 aliphatic heterocycles. The number of aliphatic imine (C=N–C) groups is 1. The zero-order valence-electron chi connectivity index (χ0n) is 20.8. The molecule has 0 bridgehead atoms. The minimum atomic E-state index is -0.00915. The van der Waals surface area contributed by atoms with Crippen molar-refractivity contribution in [3.8, 4) is 5.75 Å². The molecule has 6 heteroatoms. The van der Waals surface area contributed by atoms with Crippen LogP contribution in [0.4, 0.5) is 5.69 Å². The summed E-state index contributed by atoms with van der Waals surface area (Å²) in [7, 11) is 0. The van der Waals surface area contributed by atoms with Gasteiger partial charge >= 0.3 is 0 Å². The topological polar surface area (TPSA) is 41.9 Å². The Morgan fingerprint density at radius 3 is 2.57 bits per heavy atom. The van der Waals surface area contributed by atoms with Gasteiger partial charge in [-0.2, -0.15) is 0 Å². The second-order valence-corrected chi connectivity index (χ2v) is 10.8. The number of benzene rings is 4. The Hall–Kier alpha value is -3.35. The number of carbonyl (C=O) groups is 1. The molecule has 1 saturated heterocycles. The molecule has 0 aliphatic carbocycles. The first kappa shape index (κ1) is 25.3. The van der Waals surface area contributed by atoms with Crippen LogP contribution >= 0.6 is 27.7 Å². The highest BCUT2D eigenvalue weighted by Crippen LogP contribution is 2.36. The number of amides is 1. The zero-order valence-corrected chi connectivity index (χ0v) is 23.2. The van der Waals surface area contributed by atoms with E-state index in [1.807, 2.05) is 67.6 Å². The van der Waals surface area contributed by atoms with Crippen molar-refractivity contribution in [1.29, 1.82) is 0 Å². The summed E-state index contributed by atoms with van der Waals surface area (Å²) < 4.78 is 6.99. The maximum absolute atomic E-state index is 13.2. The van der Waals surface area contributed by atoms with Crippen LogP contribution in [0, 0.1) is 6.92 Å². The molecule has 4 aromatic carbocycles. The molecular weight excluding hydrogens is 544 g/mol. The number of fused-ring (bicyclic) bond motifs is 1. The summed E-state index contributed by atoms with van der Waals surface area (Å²) in [5.74, 6) is 0.750. The van der Waals surface area contributed by atoms with Gasteiger partial charge in [0.2, 0.25) is 0 Å². The average molecular weight is 572 g/mol. The third-order valence-corrected chi connectivity index (χ3v) is 7.74. The highest BCUT2D eigenvalue weighted by molar-refractivity contribution is 9.10. The largest absolute Gasteiger partial charge is 0.488 e. The molecule has 1 amide bonds. The van der Waals surface area contributed by atoms with Gasteiger partial charge in [-0.1, -0.05) is 73.2 Å². The van der Waals surface area contributed by atoms with Crippen molar-refractivity contribution in [3.05, 3.63) is 111 Å². The summed E-state index contributed by atoms with van der Waals surface area (Å²) >= 11 is 5.07. The fourth-order valence-corrected chi connectivity index (χ4v) is 5.73. The Balaban J connectivity index is 1.34. The molecule has 1 aliphatic rings. The summed E-state index contributed by atoms with van der Waals surface area (Å²) in [4.78, 5) is 20.4. The summed E-state index contributed by atoms with van der Waals surface area (Å²) in [6.07, 6.45) is 2.79. The number of aryl methyl sites for hydroxylation is 1. The lowest BCUT2D eigenvalue weighted by molar-refractivity contribution is -0.122. The van der Waals surface area contributed by atoms with E-state index in [-0.39, 0.29) is 5.91 Å². The number of carbonyl (C=O) groups excluding carboxylic acids is 1. The minimum Gasteiger partial charge on any atom is -0.488 e. The van der Waals surface area contributed by atoms with Gasteiger partial charge < -0.3 is 4.74 Å². The van der Waals surface area contributed by atoms with Crippen molar-refractivity contribution in [2.24, 2.45) is 4.99 Å². The molecule has 5 rings (SSSR count). The van der Waals surface area contributed by atoms with Crippen molar-refractivity contribution in [1.82, 2.24) is 4.90 Å². The number of rotatable bonds is 7. The number of hydrogen-bond donors (Lipinski definition) is 0. The van der Waals surface area contributed by atoms with Crippen LogP contribution in [0.3, 0.4) is 0 Å². The second kappa shape index (κ2) is 11.4. The minimum absolute atomic E-state index is 0.00915. The molecule has 0 saturated carbocycles. The summed E-state index contributed by atoms with van der Waals surface area (Å²) in [6, 6.07) is 28.5. The van der Waals surface area contributed by atoms with Gasteiger partial charge in [0, 0.05) is 6.54 Å². The first-order chi connectivity index (χ1) is 18.0. The molecule has 186 valence electrons. The number of nitrogens with zero attached hydrogens (tertiary/aromatic N) is 2. The van der Waals surface area contributed by atoms with Gasteiger partial charge in [-0.15, -0.1) is 0 Å². The molecule has 0 radical (unpaired) electrons. The van der Waals surface area contributed by atoms with Gasteiger partial charge in [0.15, 0.2) is 5.17 Å². The molecular formula is C31H27BrN2O2S. The van der Waals surface area contributed by atoms with Crippen LogP contribution in [-0.2, 0) is 11.4 Å². The molecule has 0 N–H and O–H groups in total. The van der Waals surface area contributed by atoms with E-state index in [4.69, 9.17) is 9.73 Å². The van der Waals surface area contributed by atoms with Gasteiger partial charge in [0.1, 0.15) is 12.4 Å². The Bertz CT molecular complexity index is 1510. The molecule has 4 nitrogen and oxygen atoms in total. The maximum Gasteiger partial charge on any atom is 0.266 e. The highest BCUT2D eigenvalue weighted by atomic mass is 79.9. The van der Waals surface area contributed by atoms with Crippen LogP contribution in [0.25, 0.3) is 16.8 Å². The van der Waals surface area contributed by atoms with Crippen LogP contribution in [0.2, 0.25) is 0 Å². The van der Waals surface area contributed by atoms with E-state index >= 15 is 0 Å². The van der Waals surface area contributed by atoms with Crippen LogP contribution in [0.15, 0.2) is 99.3 Å². The number of halogens is 1. The number of ether oxygens (including phenoxy) is 1.